The number of benzene rings is 1. The number of carbonyl (C=O) groups excluding carboxylic acids is 2. The average molecular weight is 406 g/mol. The number of nitrogens with zero attached hydrogens (tertiary/aromatic N) is 2. The van der Waals surface area contributed by atoms with Gasteiger partial charge in [0.15, 0.2) is 0 Å². The molecule has 2 aromatic rings. The summed E-state index contributed by atoms with van der Waals surface area (Å²) in [6.07, 6.45) is 2.80. The van der Waals surface area contributed by atoms with Crippen LogP contribution in [0.15, 0.2) is 42.6 Å². The van der Waals surface area contributed by atoms with Crippen molar-refractivity contribution >= 4 is 23.6 Å². The number of aromatic nitrogens is 1. The Hall–Kier alpha value is -2.47. The molecule has 1 aromatic heterocycles. The Balaban J connectivity index is 2.09. The van der Waals surface area contributed by atoms with Crippen molar-refractivity contribution in [3.8, 4) is 0 Å². The summed E-state index contributed by atoms with van der Waals surface area (Å²) in [5.74, 6) is -0.440. The third-order valence-electron chi connectivity index (χ3n) is 4.57. The molecule has 0 aliphatic rings. The number of esters is 1. The van der Waals surface area contributed by atoms with Gasteiger partial charge in [-0.05, 0) is 50.1 Å². The van der Waals surface area contributed by atoms with Crippen LogP contribution in [0, 0.1) is 0 Å². The highest BCUT2D eigenvalue weighted by molar-refractivity contribution is 6.30. The van der Waals surface area contributed by atoms with E-state index < -0.39 is 5.97 Å². The van der Waals surface area contributed by atoms with Crippen molar-refractivity contribution in [2.45, 2.75) is 46.3 Å². The van der Waals surface area contributed by atoms with Crippen LogP contribution in [0.25, 0.3) is 0 Å². The van der Waals surface area contributed by atoms with Gasteiger partial charge in [0.25, 0.3) is 0 Å². The van der Waals surface area contributed by atoms with Gasteiger partial charge in [-0.25, -0.2) is 4.79 Å². The third kappa shape index (κ3) is 6.30. The number of carbonyl (C=O) groups is 2. The van der Waals surface area contributed by atoms with Gasteiger partial charge < -0.3 is 19.5 Å². The fraction of sp³-hybridized carbons (Fsp3) is 0.429. The largest absolute Gasteiger partial charge is 0.465 e. The molecule has 2 amide bonds. The molecule has 0 saturated carbocycles. The standard InChI is InChI=1S/C21H28ClN3O3/c1-4-16(3)25(21(27)23-13-20(26)28-5-2)15-19-10-7-11-24(19)14-17-8-6-9-18(22)12-17/h6-12,16H,4-5,13-15H2,1-3H3,(H,23,27)/t16-/m0/s1. The van der Waals surface area contributed by atoms with Crippen LogP contribution in [0.4, 0.5) is 4.79 Å². The van der Waals surface area contributed by atoms with Crippen LogP contribution in [-0.2, 0) is 22.6 Å². The average Bonchev–Trinajstić information content (AvgIpc) is 3.10. The van der Waals surface area contributed by atoms with Crippen molar-refractivity contribution in [2.75, 3.05) is 13.2 Å². The Morgan fingerprint density at radius 1 is 1.25 bits per heavy atom. The SMILES string of the molecule is CCOC(=O)CNC(=O)N(Cc1cccn1Cc1cccc(Cl)c1)[C@@H](C)CC. The van der Waals surface area contributed by atoms with E-state index in [9.17, 15) is 9.59 Å². The van der Waals surface area contributed by atoms with Gasteiger partial charge in [0.05, 0.1) is 13.2 Å². The Morgan fingerprint density at radius 2 is 2.04 bits per heavy atom. The Kier molecular flexibility index (Phi) is 8.39. The summed E-state index contributed by atoms with van der Waals surface area (Å²) in [6.45, 7) is 7.03. The normalized spacial score (nSPS) is 11.7. The number of hydrogen-bond donors (Lipinski definition) is 1. The van der Waals surface area contributed by atoms with Crippen LogP contribution in [0.3, 0.4) is 0 Å². The van der Waals surface area contributed by atoms with Crippen LogP contribution in [0.5, 0.6) is 0 Å². The number of rotatable bonds is 9. The second-order valence-electron chi connectivity index (χ2n) is 6.61. The lowest BCUT2D eigenvalue weighted by molar-refractivity contribution is -0.141. The first-order valence-electron chi connectivity index (χ1n) is 9.53. The van der Waals surface area contributed by atoms with Crippen LogP contribution < -0.4 is 5.32 Å². The van der Waals surface area contributed by atoms with Gasteiger partial charge in [0, 0.05) is 29.5 Å². The molecule has 28 heavy (non-hydrogen) atoms. The molecule has 6 nitrogen and oxygen atoms in total. The maximum absolute atomic E-state index is 12.7. The molecule has 2 rings (SSSR count). The Bertz CT molecular complexity index is 791. The van der Waals surface area contributed by atoms with Crippen LogP contribution in [0.1, 0.15) is 38.4 Å². The molecular formula is C21H28ClN3O3. The summed E-state index contributed by atoms with van der Waals surface area (Å²) >= 11 is 6.09. The lowest BCUT2D eigenvalue weighted by Gasteiger charge is -2.29. The van der Waals surface area contributed by atoms with Gasteiger partial charge >= 0.3 is 12.0 Å². The molecule has 0 aliphatic heterocycles. The van der Waals surface area contributed by atoms with Crippen LogP contribution >= 0.6 is 11.6 Å². The zero-order valence-corrected chi connectivity index (χ0v) is 17.4. The van der Waals surface area contributed by atoms with E-state index in [1.807, 2.05) is 56.4 Å². The van der Waals surface area contributed by atoms with Crippen molar-refractivity contribution < 1.29 is 14.3 Å². The molecule has 1 N–H and O–H groups in total. The molecule has 0 spiro atoms. The highest BCUT2D eigenvalue weighted by Crippen LogP contribution is 2.16. The number of ether oxygens (including phenoxy) is 1. The van der Waals surface area contributed by atoms with Crippen molar-refractivity contribution in [1.82, 2.24) is 14.8 Å². The van der Waals surface area contributed by atoms with Crippen molar-refractivity contribution in [1.29, 1.82) is 0 Å². The molecule has 152 valence electrons. The monoisotopic (exact) mass is 405 g/mol. The topological polar surface area (TPSA) is 63.6 Å². The van der Waals surface area contributed by atoms with E-state index in [2.05, 4.69) is 9.88 Å². The first-order chi connectivity index (χ1) is 13.4. The number of nitrogens with one attached hydrogen (secondary N) is 1. The highest BCUT2D eigenvalue weighted by atomic mass is 35.5. The van der Waals surface area contributed by atoms with Gasteiger partial charge in [0.1, 0.15) is 6.54 Å². The number of amides is 2. The van der Waals surface area contributed by atoms with Gasteiger partial charge in [-0.3, -0.25) is 4.79 Å². The van der Waals surface area contributed by atoms with E-state index in [1.54, 1.807) is 11.8 Å². The predicted molar refractivity (Wildman–Crippen MR) is 110 cm³/mol. The first-order valence-corrected chi connectivity index (χ1v) is 9.90. The molecule has 1 atom stereocenters. The minimum atomic E-state index is -0.440. The maximum atomic E-state index is 12.7. The van der Waals surface area contributed by atoms with E-state index in [0.717, 1.165) is 17.7 Å². The second kappa shape index (κ2) is 10.8. The molecule has 0 unspecified atom stereocenters. The molecule has 1 aromatic carbocycles. The van der Waals surface area contributed by atoms with Crippen molar-refractivity contribution in [2.24, 2.45) is 0 Å². The smallest absolute Gasteiger partial charge is 0.325 e. The fourth-order valence-corrected chi connectivity index (χ4v) is 3.08. The van der Waals surface area contributed by atoms with Crippen molar-refractivity contribution in [3.05, 3.63) is 58.9 Å². The molecule has 0 bridgehead atoms. The number of hydrogen-bond acceptors (Lipinski definition) is 3. The lowest BCUT2D eigenvalue weighted by atomic mass is 10.2. The first kappa shape index (κ1) is 21.8. The van der Waals surface area contributed by atoms with E-state index in [4.69, 9.17) is 16.3 Å². The minimum absolute atomic E-state index is 0.0247. The summed E-state index contributed by atoms with van der Waals surface area (Å²) in [5.41, 5.74) is 2.10. The van der Waals surface area contributed by atoms with Crippen molar-refractivity contribution in [3.63, 3.8) is 0 Å². The molecule has 0 fully saturated rings. The maximum Gasteiger partial charge on any atom is 0.325 e. The quantitative estimate of drug-likeness (QED) is 0.640. The summed E-state index contributed by atoms with van der Waals surface area (Å²) in [4.78, 5) is 26.0. The lowest BCUT2D eigenvalue weighted by Crippen LogP contribution is -2.46. The molecule has 1 heterocycles. The second-order valence-corrected chi connectivity index (χ2v) is 7.04. The number of urea groups is 1. The Morgan fingerprint density at radius 3 is 2.71 bits per heavy atom. The third-order valence-corrected chi connectivity index (χ3v) is 4.81. The summed E-state index contributed by atoms with van der Waals surface area (Å²) < 4.78 is 6.97. The summed E-state index contributed by atoms with van der Waals surface area (Å²) in [7, 11) is 0. The van der Waals surface area contributed by atoms with Crippen LogP contribution in [-0.4, -0.2) is 40.7 Å². The fourth-order valence-electron chi connectivity index (χ4n) is 2.86. The molecule has 7 heteroatoms. The predicted octanol–water partition coefficient (Wildman–Crippen LogP) is 4.06. The van der Waals surface area contributed by atoms with Gasteiger partial charge in [0.2, 0.25) is 0 Å². The molecule has 0 aliphatic carbocycles. The molecule has 0 radical (unpaired) electrons. The molecule has 0 saturated heterocycles. The van der Waals surface area contributed by atoms with E-state index in [1.165, 1.54) is 0 Å². The van der Waals surface area contributed by atoms with Gasteiger partial charge in [-0.1, -0.05) is 30.7 Å². The van der Waals surface area contributed by atoms with Gasteiger partial charge in [-0.15, -0.1) is 0 Å². The highest BCUT2D eigenvalue weighted by Gasteiger charge is 2.21. The minimum Gasteiger partial charge on any atom is -0.465 e. The van der Waals surface area contributed by atoms with E-state index in [-0.39, 0.29) is 18.6 Å². The van der Waals surface area contributed by atoms with E-state index >= 15 is 0 Å². The Labute approximate surface area is 171 Å². The summed E-state index contributed by atoms with van der Waals surface area (Å²) in [6, 6.07) is 11.4. The molecular weight excluding hydrogens is 378 g/mol. The van der Waals surface area contributed by atoms with Crippen LogP contribution in [0.2, 0.25) is 5.02 Å². The zero-order valence-electron chi connectivity index (χ0n) is 16.7. The zero-order chi connectivity index (χ0) is 20.5. The number of halogens is 1. The van der Waals surface area contributed by atoms with Gasteiger partial charge in [-0.2, -0.15) is 0 Å². The summed E-state index contributed by atoms with van der Waals surface area (Å²) in [5, 5.41) is 3.36. The van der Waals surface area contributed by atoms with E-state index in [0.29, 0.717) is 24.7 Å².